The van der Waals surface area contributed by atoms with Crippen molar-refractivity contribution in [2.75, 3.05) is 17.5 Å². The molecule has 0 saturated heterocycles. The molecule has 1 atom stereocenters. The standard InChI is InChI=1S/C27H26ClN3O4S/c28-21-10-13-23(14-11-21)36(33,34)31-22(12-9-19-5-1-4-8-26(19)31)18-35-27(32)29-16-15-20-17-30-25-7-3-2-6-24(20)25/h1-8,10-11,13-14,17,22,30H,9,12,15-16,18H2,(H,29,32). The van der Waals surface area contributed by atoms with Crippen molar-refractivity contribution in [3.05, 3.63) is 95.1 Å². The van der Waals surface area contributed by atoms with Gasteiger partial charge in [0.05, 0.1) is 16.6 Å². The van der Waals surface area contributed by atoms with E-state index in [9.17, 15) is 13.2 Å². The minimum absolute atomic E-state index is 0.0555. The molecular weight excluding hydrogens is 498 g/mol. The van der Waals surface area contributed by atoms with Crippen LogP contribution in [0.15, 0.2) is 83.9 Å². The first-order valence-corrected chi connectivity index (χ1v) is 13.6. The number of nitrogens with one attached hydrogen (secondary N) is 2. The van der Waals surface area contributed by atoms with E-state index in [0.29, 0.717) is 36.5 Å². The van der Waals surface area contributed by atoms with Gasteiger partial charge >= 0.3 is 6.09 Å². The number of halogens is 1. The molecule has 0 fully saturated rings. The van der Waals surface area contributed by atoms with E-state index in [1.807, 2.05) is 48.7 Å². The molecular formula is C27H26ClN3O4S. The molecule has 5 rings (SSSR count). The Labute approximate surface area is 215 Å². The number of para-hydroxylation sites is 2. The van der Waals surface area contributed by atoms with Crippen molar-refractivity contribution in [3.8, 4) is 0 Å². The molecule has 0 bridgehead atoms. The van der Waals surface area contributed by atoms with Crippen LogP contribution in [0.3, 0.4) is 0 Å². The summed E-state index contributed by atoms with van der Waals surface area (Å²) in [7, 11) is -3.90. The minimum Gasteiger partial charge on any atom is -0.447 e. The van der Waals surface area contributed by atoms with Crippen LogP contribution >= 0.6 is 11.6 Å². The highest BCUT2D eigenvalue weighted by atomic mass is 35.5. The number of carbonyl (C=O) groups excluding carboxylic acids is 1. The van der Waals surface area contributed by atoms with Crippen LogP contribution in [-0.4, -0.2) is 38.7 Å². The van der Waals surface area contributed by atoms with Gasteiger partial charge in [0, 0.05) is 28.7 Å². The normalized spacial score (nSPS) is 15.5. The van der Waals surface area contributed by atoms with Gasteiger partial charge in [0.25, 0.3) is 10.0 Å². The summed E-state index contributed by atoms with van der Waals surface area (Å²) in [6, 6.07) is 21.0. The van der Waals surface area contributed by atoms with Crippen molar-refractivity contribution in [3.63, 3.8) is 0 Å². The van der Waals surface area contributed by atoms with E-state index in [1.165, 1.54) is 16.4 Å². The number of nitrogens with zero attached hydrogens (tertiary/aromatic N) is 1. The highest BCUT2D eigenvalue weighted by Crippen LogP contribution is 2.35. The van der Waals surface area contributed by atoms with Crippen molar-refractivity contribution in [2.24, 2.45) is 0 Å². The van der Waals surface area contributed by atoms with Crippen molar-refractivity contribution in [1.29, 1.82) is 0 Å². The van der Waals surface area contributed by atoms with Crippen molar-refractivity contribution < 1.29 is 17.9 Å². The highest BCUT2D eigenvalue weighted by Gasteiger charge is 2.36. The fraction of sp³-hybridized carbons (Fsp3) is 0.222. The van der Waals surface area contributed by atoms with Crippen LogP contribution in [0.25, 0.3) is 10.9 Å². The Bertz CT molecular complexity index is 1480. The predicted molar refractivity (Wildman–Crippen MR) is 141 cm³/mol. The fourth-order valence-corrected chi connectivity index (χ4v) is 6.46. The number of rotatable bonds is 7. The van der Waals surface area contributed by atoms with Gasteiger partial charge in [0.1, 0.15) is 6.61 Å². The lowest BCUT2D eigenvalue weighted by molar-refractivity contribution is 0.138. The second kappa shape index (κ2) is 10.2. The third-order valence-electron chi connectivity index (χ3n) is 6.42. The molecule has 1 aliphatic rings. The maximum atomic E-state index is 13.7. The molecule has 0 saturated carbocycles. The van der Waals surface area contributed by atoms with Gasteiger partial charge in [0.2, 0.25) is 0 Å². The van der Waals surface area contributed by atoms with Crippen molar-refractivity contribution >= 4 is 44.3 Å². The fourth-order valence-electron chi connectivity index (χ4n) is 4.63. The van der Waals surface area contributed by atoms with E-state index >= 15 is 0 Å². The number of carbonyl (C=O) groups is 1. The SMILES string of the molecule is O=C(NCCc1c[nH]c2ccccc12)OCC1CCc2ccccc2N1S(=O)(=O)c1ccc(Cl)cc1. The first-order chi connectivity index (χ1) is 17.4. The molecule has 186 valence electrons. The molecule has 2 heterocycles. The summed E-state index contributed by atoms with van der Waals surface area (Å²) in [4.78, 5) is 15.8. The van der Waals surface area contributed by atoms with E-state index in [1.54, 1.807) is 18.2 Å². The summed E-state index contributed by atoms with van der Waals surface area (Å²) in [5.74, 6) is 0. The number of alkyl carbamates (subject to hydrolysis) is 1. The van der Waals surface area contributed by atoms with Gasteiger partial charge in [-0.2, -0.15) is 0 Å². The third kappa shape index (κ3) is 4.92. The zero-order valence-corrected chi connectivity index (χ0v) is 21.1. The van der Waals surface area contributed by atoms with Crippen LogP contribution in [0, 0.1) is 0 Å². The summed E-state index contributed by atoms with van der Waals surface area (Å²) in [5.41, 5.74) is 3.70. The Hall–Kier alpha value is -3.49. The molecule has 2 N–H and O–H groups in total. The molecule has 0 radical (unpaired) electrons. The largest absolute Gasteiger partial charge is 0.447 e. The summed E-state index contributed by atoms with van der Waals surface area (Å²) in [6.45, 7) is 0.348. The van der Waals surface area contributed by atoms with Crippen LogP contribution in [0.5, 0.6) is 0 Å². The molecule has 0 aliphatic carbocycles. The number of hydrogen-bond donors (Lipinski definition) is 2. The minimum atomic E-state index is -3.90. The van der Waals surface area contributed by atoms with Crippen molar-refractivity contribution in [2.45, 2.75) is 30.2 Å². The summed E-state index contributed by atoms with van der Waals surface area (Å²) >= 11 is 5.97. The van der Waals surface area contributed by atoms with E-state index in [4.69, 9.17) is 16.3 Å². The number of ether oxygens (including phenoxy) is 1. The number of anilines is 1. The highest BCUT2D eigenvalue weighted by molar-refractivity contribution is 7.92. The van der Waals surface area contributed by atoms with Gasteiger partial charge in [0.15, 0.2) is 0 Å². The lowest BCUT2D eigenvalue weighted by atomic mass is 9.98. The molecule has 1 aromatic heterocycles. The summed E-state index contributed by atoms with van der Waals surface area (Å²) < 4.78 is 34.2. The zero-order valence-electron chi connectivity index (χ0n) is 19.5. The molecule has 1 amide bonds. The number of aryl methyl sites for hydroxylation is 1. The van der Waals surface area contributed by atoms with E-state index in [-0.39, 0.29) is 11.5 Å². The van der Waals surface area contributed by atoms with E-state index in [0.717, 1.165) is 22.0 Å². The van der Waals surface area contributed by atoms with Gasteiger partial charge in [-0.15, -0.1) is 0 Å². The van der Waals surface area contributed by atoms with Gasteiger partial charge < -0.3 is 15.0 Å². The average molecular weight is 524 g/mol. The van der Waals surface area contributed by atoms with Gasteiger partial charge in [-0.1, -0.05) is 48.0 Å². The topological polar surface area (TPSA) is 91.5 Å². The Kier molecular flexibility index (Phi) is 6.89. The van der Waals surface area contributed by atoms with Gasteiger partial charge in [-0.25, -0.2) is 13.2 Å². The van der Waals surface area contributed by atoms with Crippen LogP contribution in [0.1, 0.15) is 17.5 Å². The quantitative estimate of drug-likeness (QED) is 0.344. The maximum absolute atomic E-state index is 13.7. The number of amides is 1. The Morgan fingerprint density at radius 3 is 2.64 bits per heavy atom. The second-order valence-corrected chi connectivity index (χ2v) is 11.0. The Balaban J connectivity index is 1.26. The zero-order chi connectivity index (χ0) is 25.1. The van der Waals surface area contributed by atoms with E-state index < -0.39 is 22.2 Å². The Morgan fingerprint density at radius 2 is 1.81 bits per heavy atom. The molecule has 0 spiro atoms. The lowest BCUT2D eigenvalue weighted by Crippen LogP contribution is -2.47. The van der Waals surface area contributed by atoms with Crippen LogP contribution < -0.4 is 9.62 Å². The number of sulfonamides is 1. The summed E-state index contributed by atoms with van der Waals surface area (Å²) in [6.07, 6.45) is 3.24. The molecule has 9 heteroatoms. The molecule has 1 unspecified atom stereocenters. The monoisotopic (exact) mass is 523 g/mol. The molecule has 1 aliphatic heterocycles. The van der Waals surface area contributed by atoms with Crippen LogP contribution in [0.4, 0.5) is 10.5 Å². The average Bonchev–Trinajstić information content (AvgIpc) is 3.30. The number of fused-ring (bicyclic) bond motifs is 2. The lowest BCUT2D eigenvalue weighted by Gasteiger charge is -2.37. The van der Waals surface area contributed by atoms with Gasteiger partial charge in [-0.05, 0) is 66.8 Å². The number of aromatic nitrogens is 1. The van der Waals surface area contributed by atoms with Crippen LogP contribution in [-0.2, 0) is 27.6 Å². The molecule has 7 nitrogen and oxygen atoms in total. The maximum Gasteiger partial charge on any atom is 0.407 e. The first-order valence-electron chi connectivity index (χ1n) is 11.8. The first kappa shape index (κ1) is 24.2. The van der Waals surface area contributed by atoms with Gasteiger partial charge in [-0.3, -0.25) is 4.31 Å². The second-order valence-electron chi connectivity index (χ2n) is 8.71. The van der Waals surface area contributed by atoms with Crippen LogP contribution in [0.2, 0.25) is 5.02 Å². The molecule has 36 heavy (non-hydrogen) atoms. The number of hydrogen-bond acceptors (Lipinski definition) is 4. The third-order valence-corrected chi connectivity index (χ3v) is 8.56. The molecule has 4 aromatic rings. The summed E-state index contributed by atoms with van der Waals surface area (Å²) in [5, 5.41) is 4.36. The number of H-pyrrole nitrogens is 1. The van der Waals surface area contributed by atoms with E-state index in [2.05, 4.69) is 10.3 Å². The van der Waals surface area contributed by atoms with Crippen molar-refractivity contribution in [1.82, 2.24) is 10.3 Å². The number of benzene rings is 3. The smallest absolute Gasteiger partial charge is 0.407 e. The predicted octanol–water partition coefficient (Wildman–Crippen LogP) is 5.30. The number of aromatic amines is 1. The molecule has 3 aromatic carbocycles. The Morgan fingerprint density at radius 1 is 1.06 bits per heavy atom.